The summed E-state index contributed by atoms with van der Waals surface area (Å²) in [5, 5.41) is 0. The molecular formula is C10H15NOS. The highest BCUT2D eigenvalue weighted by Crippen LogP contribution is 2.57. The van der Waals surface area contributed by atoms with Crippen molar-refractivity contribution in [2.24, 2.45) is 22.1 Å². The molecule has 0 unspecified atom stereocenters. The molecule has 0 aromatic carbocycles. The van der Waals surface area contributed by atoms with Crippen LogP contribution >= 0.6 is 0 Å². The molecule has 4 saturated carbocycles. The zero-order chi connectivity index (χ0) is 8.89. The van der Waals surface area contributed by atoms with Gasteiger partial charge in [0.05, 0.1) is 5.54 Å². The number of nitrogens with zero attached hydrogens (tertiary/aromatic N) is 1. The molecule has 4 rings (SSSR count). The lowest BCUT2D eigenvalue weighted by Crippen LogP contribution is -2.49. The van der Waals surface area contributed by atoms with Gasteiger partial charge in [0.2, 0.25) is 0 Å². The molecule has 4 aliphatic carbocycles. The zero-order valence-electron chi connectivity index (χ0n) is 7.74. The van der Waals surface area contributed by atoms with Crippen LogP contribution in [0.2, 0.25) is 0 Å². The Balaban J connectivity index is 1.95. The van der Waals surface area contributed by atoms with Crippen molar-refractivity contribution in [3.05, 3.63) is 0 Å². The van der Waals surface area contributed by atoms with Crippen molar-refractivity contribution in [3.8, 4) is 0 Å². The first-order valence-corrected chi connectivity index (χ1v) is 6.01. The van der Waals surface area contributed by atoms with Crippen LogP contribution in [0.15, 0.2) is 4.36 Å². The average molecular weight is 197 g/mol. The van der Waals surface area contributed by atoms with Crippen molar-refractivity contribution >= 4 is 11.5 Å². The first-order valence-electron chi connectivity index (χ1n) is 5.31. The van der Waals surface area contributed by atoms with Crippen molar-refractivity contribution in [1.29, 1.82) is 0 Å². The van der Waals surface area contributed by atoms with E-state index in [-0.39, 0.29) is 5.54 Å². The molecule has 0 radical (unpaired) electrons. The smallest absolute Gasteiger partial charge is 0.191 e. The quantitative estimate of drug-likeness (QED) is 0.634. The van der Waals surface area contributed by atoms with E-state index in [4.69, 9.17) is 0 Å². The van der Waals surface area contributed by atoms with Crippen LogP contribution in [0.4, 0.5) is 0 Å². The summed E-state index contributed by atoms with van der Waals surface area (Å²) in [5.74, 6) is 2.71. The zero-order valence-corrected chi connectivity index (χ0v) is 8.55. The molecule has 4 bridgehead atoms. The summed E-state index contributed by atoms with van der Waals surface area (Å²) in [6.45, 7) is 0. The molecule has 4 fully saturated rings. The standard InChI is InChI=1S/C10H15NOS/c12-13-11-10-4-7-1-8(5-10)3-9(2-7)6-10/h7-9H,1-6H2. The predicted molar refractivity (Wildman–Crippen MR) is 51.5 cm³/mol. The molecule has 0 amide bonds. The Hall–Kier alpha value is -0.180. The highest BCUT2D eigenvalue weighted by atomic mass is 32.1. The van der Waals surface area contributed by atoms with Crippen LogP contribution in [0.3, 0.4) is 0 Å². The SMILES string of the molecule is O=S=NC12CC3CC(CC(C3)C1)C2. The van der Waals surface area contributed by atoms with Crippen LogP contribution in [0.1, 0.15) is 38.5 Å². The summed E-state index contributed by atoms with van der Waals surface area (Å²) in [7, 11) is 0. The minimum atomic E-state index is 0.126. The first-order chi connectivity index (χ1) is 6.30. The average Bonchev–Trinajstić information content (AvgIpc) is 2.00. The summed E-state index contributed by atoms with van der Waals surface area (Å²) in [6, 6.07) is 0. The van der Waals surface area contributed by atoms with Crippen molar-refractivity contribution in [2.75, 3.05) is 0 Å². The van der Waals surface area contributed by atoms with Gasteiger partial charge >= 0.3 is 0 Å². The Bertz CT molecular complexity index is 247. The molecular weight excluding hydrogens is 182 g/mol. The maximum absolute atomic E-state index is 10.6. The Labute approximate surface area is 82.3 Å². The van der Waals surface area contributed by atoms with Gasteiger partial charge in [0, 0.05) is 0 Å². The lowest BCUT2D eigenvalue weighted by Gasteiger charge is -2.54. The second-order valence-electron chi connectivity index (χ2n) is 5.31. The van der Waals surface area contributed by atoms with Gasteiger partial charge in [0.15, 0.2) is 11.5 Å². The highest BCUT2D eigenvalue weighted by Gasteiger charge is 2.51. The largest absolute Gasteiger partial charge is 0.200 e. The van der Waals surface area contributed by atoms with Crippen molar-refractivity contribution in [3.63, 3.8) is 0 Å². The molecule has 0 atom stereocenters. The fourth-order valence-electron chi connectivity index (χ4n) is 4.26. The van der Waals surface area contributed by atoms with Gasteiger partial charge in [-0.15, -0.1) is 0 Å². The molecule has 0 N–H and O–H groups in total. The lowest BCUT2D eigenvalue weighted by molar-refractivity contribution is 0.00279. The van der Waals surface area contributed by atoms with Crippen molar-refractivity contribution in [2.45, 2.75) is 44.1 Å². The molecule has 2 nitrogen and oxygen atoms in total. The van der Waals surface area contributed by atoms with E-state index in [0.717, 1.165) is 17.8 Å². The number of rotatable bonds is 1. The van der Waals surface area contributed by atoms with Crippen LogP contribution in [-0.4, -0.2) is 9.75 Å². The fraction of sp³-hybridized carbons (Fsp3) is 1.00. The lowest BCUT2D eigenvalue weighted by atomic mass is 9.53. The third kappa shape index (κ3) is 1.20. The van der Waals surface area contributed by atoms with Gasteiger partial charge in [-0.2, -0.15) is 8.57 Å². The third-order valence-electron chi connectivity index (χ3n) is 4.24. The summed E-state index contributed by atoms with van der Waals surface area (Å²) < 4.78 is 14.8. The Morgan fingerprint density at radius 2 is 1.46 bits per heavy atom. The molecule has 72 valence electrons. The maximum Gasteiger partial charge on any atom is 0.200 e. The minimum Gasteiger partial charge on any atom is -0.191 e. The Morgan fingerprint density at radius 1 is 1.00 bits per heavy atom. The van der Waals surface area contributed by atoms with Crippen LogP contribution < -0.4 is 0 Å². The maximum atomic E-state index is 10.6. The molecule has 0 aromatic rings. The van der Waals surface area contributed by atoms with Crippen molar-refractivity contribution < 1.29 is 4.21 Å². The van der Waals surface area contributed by atoms with E-state index in [0.29, 0.717) is 11.5 Å². The molecule has 0 heterocycles. The summed E-state index contributed by atoms with van der Waals surface area (Å²) >= 11 is 0.465. The van der Waals surface area contributed by atoms with Gasteiger partial charge in [-0.25, -0.2) is 0 Å². The van der Waals surface area contributed by atoms with E-state index in [1.165, 1.54) is 38.5 Å². The first kappa shape index (κ1) is 8.16. The Morgan fingerprint density at radius 3 is 1.85 bits per heavy atom. The summed E-state index contributed by atoms with van der Waals surface area (Å²) in [4.78, 5) is 0. The van der Waals surface area contributed by atoms with E-state index in [9.17, 15) is 4.21 Å². The van der Waals surface area contributed by atoms with Gasteiger partial charge in [-0.05, 0) is 56.3 Å². The van der Waals surface area contributed by atoms with Gasteiger partial charge in [0.25, 0.3) is 0 Å². The van der Waals surface area contributed by atoms with Crippen LogP contribution in [0, 0.1) is 17.8 Å². The van der Waals surface area contributed by atoms with Crippen molar-refractivity contribution in [1.82, 2.24) is 0 Å². The predicted octanol–water partition coefficient (Wildman–Crippen LogP) is 2.35. The summed E-state index contributed by atoms with van der Waals surface area (Å²) in [5.41, 5.74) is 0.126. The molecule has 0 aliphatic heterocycles. The number of hydrogen-bond donors (Lipinski definition) is 0. The molecule has 13 heavy (non-hydrogen) atoms. The topological polar surface area (TPSA) is 29.4 Å². The highest BCUT2D eigenvalue weighted by molar-refractivity contribution is 7.54. The molecule has 0 aromatic heterocycles. The van der Waals surface area contributed by atoms with E-state index in [1.54, 1.807) is 0 Å². The second-order valence-corrected chi connectivity index (χ2v) is 5.64. The van der Waals surface area contributed by atoms with E-state index in [2.05, 4.69) is 4.36 Å². The molecule has 0 spiro atoms. The fourth-order valence-corrected chi connectivity index (χ4v) is 4.64. The molecule has 0 saturated heterocycles. The normalized spacial score (nSPS) is 52.2. The van der Waals surface area contributed by atoms with Crippen LogP contribution in [-0.2, 0) is 11.5 Å². The molecule has 4 aliphatic rings. The van der Waals surface area contributed by atoms with Gasteiger partial charge in [-0.1, -0.05) is 0 Å². The molecule has 3 heteroatoms. The Kier molecular flexibility index (Phi) is 1.67. The summed E-state index contributed by atoms with van der Waals surface area (Å²) in [6.07, 6.45) is 7.94. The second kappa shape index (κ2) is 2.66. The van der Waals surface area contributed by atoms with E-state index < -0.39 is 0 Å². The van der Waals surface area contributed by atoms with E-state index >= 15 is 0 Å². The minimum absolute atomic E-state index is 0.126. The van der Waals surface area contributed by atoms with Gasteiger partial charge in [-0.3, -0.25) is 0 Å². The number of hydrogen-bond acceptors (Lipinski definition) is 2. The third-order valence-corrected chi connectivity index (χ3v) is 4.70. The monoisotopic (exact) mass is 197 g/mol. The van der Waals surface area contributed by atoms with Gasteiger partial charge < -0.3 is 0 Å². The van der Waals surface area contributed by atoms with Crippen LogP contribution in [0.25, 0.3) is 0 Å². The van der Waals surface area contributed by atoms with E-state index in [1.807, 2.05) is 0 Å². The van der Waals surface area contributed by atoms with Crippen LogP contribution in [0.5, 0.6) is 0 Å². The van der Waals surface area contributed by atoms with Gasteiger partial charge in [0.1, 0.15) is 0 Å².